The first-order valence-electron chi connectivity index (χ1n) is 6.32. The van der Waals surface area contributed by atoms with Crippen molar-refractivity contribution in [3.05, 3.63) is 29.3 Å². The number of nitrogens with zero attached hydrogens (tertiary/aromatic N) is 1. The standard InChI is InChI=1S/C13H15F3N2O.ClH/c14-13(15,16)10-1-2-12-9(5-10)7-18-4-3-17-6-11(18)8-19-12;/h1-2,5,11,17H,3-4,6-8H2;1H. The van der Waals surface area contributed by atoms with E-state index in [2.05, 4.69) is 10.2 Å². The summed E-state index contributed by atoms with van der Waals surface area (Å²) in [5, 5.41) is 3.27. The van der Waals surface area contributed by atoms with Crippen LogP contribution in [0.1, 0.15) is 11.1 Å². The minimum absolute atomic E-state index is 0. The Morgan fingerprint density at radius 1 is 1.30 bits per heavy atom. The molecule has 7 heteroatoms. The van der Waals surface area contributed by atoms with E-state index in [-0.39, 0.29) is 18.4 Å². The Kier molecular flexibility index (Phi) is 4.46. The Bertz CT molecular complexity index is 481. The molecule has 1 unspecified atom stereocenters. The van der Waals surface area contributed by atoms with Crippen LogP contribution in [-0.2, 0) is 12.7 Å². The van der Waals surface area contributed by atoms with Crippen LogP contribution in [-0.4, -0.2) is 37.2 Å². The van der Waals surface area contributed by atoms with E-state index in [9.17, 15) is 13.2 Å². The van der Waals surface area contributed by atoms with Gasteiger partial charge in [0.1, 0.15) is 12.4 Å². The summed E-state index contributed by atoms with van der Waals surface area (Å²) in [7, 11) is 0. The summed E-state index contributed by atoms with van der Waals surface area (Å²) in [6.45, 7) is 3.56. The normalized spacial score (nSPS) is 22.9. The summed E-state index contributed by atoms with van der Waals surface area (Å²) in [6.07, 6.45) is -4.30. The van der Waals surface area contributed by atoms with E-state index >= 15 is 0 Å². The molecule has 0 aromatic heterocycles. The summed E-state index contributed by atoms with van der Waals surface area (Å²) < 4.78 is 43.8. The van der Waals surface area contributed by atoms with Gasteiger partial charge in [-0.15, -0.1) is 12.4 Å². The van der Waals surface area contributed by atoms with Crippen molar-refractivity contribution in [3.63, 3.8) is 0 Å². The smallest absolute Gasteiger partial charge is 0.416 e. The molecular weight excluding hydrogens is 293 g/mol. The first kappa shape index (κ1) is 15.4. The SMILES string of the molecule is Cl.FC(F)(F)c1ccc2c(c1)CN1CCNCC1CO2. The van der Waals surface area contributed by atoms with Crippen LogP contribution in [0.25, 0.3) is 0 Å². The third kappa shape index (κ3) is 3.02. The fraction of sp³-hybridized carbons (Fsp3) is 0.538. The molecule has 1 atom stereocenters. The molecule has 1 fully saturated rings. The number of nitrogens with one attached hydrogen (secondary N) is 1. The van der Waals surface area contributed by atoms with Gasteiger partial charge in [-0.25, -0.2) is 0 Å². The highest BCUT2D eigenvalue weighted by molar-refractivity contribution is 5.85. The molecule has 0 bridgehead atoms. The molecule has 0 saturated carbocycles. The van der Waals surface area contributed by atoms with Crippen molar-refractivity contribution >= 4 is 12.4 Å². The molecule has 0 spiro atoms. The van der Waals surface area contributed by atoms with E-state index in [4.69, 9.17) is 4.74 Å². The fourth-order valence-corrected chi connectivity index (χ4v) is 2.60. The van der Waals surface area contributed by atoms with Crippen LogP contribution in [0.3, 0.4) is 0 Å². The molecule has 2 heterocycles. The number of fused-ring (bicyclic) bond motifs is 2. The Labute approximate surface area is 121 Å². The highest BCUT2D eigenvalue weighted by Crippen LogP contribution is 2.34. The third-order valence-electron chi connectivity index (χ3n) is 3.66. The van der Waals surface area contributed by atoms with Gasteiger partial charge in [0.25, 0.3) is 0 Å². The Morgan fingerprint density at radius 2 is 2.10 bits per heavy atom. The van der Waals surface area contributed by atoms with Gasteiger partial charge in [-0.2, -0.15) is 13.2 Å². The lowest BCUT2D eigenvalue weighted by atomic mass is 10.1. The van der Waals surface area contributed by atoms with Crippen LogP contribution >= 0.6 is 12.4 Å². The monoisotopic (exact) mass is 308 g/mol. The van der Waals surface area contributed by atoms with Gasteiger partial charge in [-0.1, -0.05) is 0 Å². The molecule has 0 radical (unpaired) electrons. The minimum Gasteiger partial charge on any atom is -0.492 e. The van der Waals surface area contributed by atoms with Crippen molar-refractivity contribution in [2.75, 3.05) is 26.2 Å². The molecule has 3 nitrogen and oxygen atoms in total. The highest BCUT2D eigenvalue weighted by Gasteiger charge is 2.33. The molecule has 20 heavy (non-hydrogen) atoms. The molecule has 0 amide bonds. The average molecular weight is 309 g/mol. The van der Waals surface area contributed by atoms with Gasteiger partial charge in [0.2, 0.25) is 0 Å². The second-order valence-electron chi connectivity index (χ2n) is 4.96. The molecule has 1 N–H and O–H groups in total. The number of piperazine rings is 1. The average Bonchev–Trinajstić information content (AvgIpc) is 2.55. The summed E-state index contributed by atoms with van der Waals surface area (Å²) in [5.74, 6) is 0.572. The van der Waals surface area contributed by atoms with Gasteiger partial charge in [0, 0.05) is 31.7 Å². The van der Waals surface area contributed by atoms with Crippen LogP contribution in [0.2, 0.25) is 0 Å². The van der Waals surface area contributed by atoms with Gasteiger partial charge in [0.05, 0.1) is 11.6 Å². The molecule has 1 aromatic rings. The van der Waals surface area contributed by atoms with Gasteiger partial charge >= 0.3 is 6.18 Å². The zero-order chi connectivity index (χ0) is 13.5. The van der Waals surface area contributed by atoms with Crippen LogP contribution in [0.5, 0.6) is 5.75 Å². The van der Waals surface area contributed by atoms with E-state index in [1.54, 1.807) is 0 Å². The number of hydrogen-bond donors (Lipinski definition) is 1. The zero-order valence-corrected chi connectivity index (χ0v) is 11.6. The third-order valence-corrected chi connectivity index (χ3v) is 3.66. The predicted octanol–water partition coefficient (Wildman–Crippen LogP) is 2.29. The molecule has 2 aliphatic rings. The van der Waals surface area contributed by atoms with Crippen LogP contribution in [0.4, 0.5) is 13.2 Å². The van der Waals surface area contributed by atoms with Gasteiger partial charge < -0.3 is 10.1 Å². The summed E-state index contributed by atoms with van der Waals surface area (Å²) in [5.41, 5.74) is 0.0164. The lowest BCUT2D eigenvalue weighted by Gasteiger charge is -2.33. The molecule has 1 saturated heterocycles. The molecule has 0 aliphatic carbocycles. The number of halogens is 4. The van der Waals surface area contributed by atoms with Crippen molar-refractivity contribution in [1.29, 1.82) is 0 Å². The van der Waals surface area contributed by atoms with Crippen molar-refractivity contribution in [3.8, 4) is 5.75 Å². The first-order chi connectivity index (χ1) is 9.04. The van der Waals surface area contributed by atoms with E-state index in [0.29, 0.717) is 24.5 Å². The molecular formula is C13H16ClF3N2O. The van der Waals surface area contributed by atoms with Gasteiger partial charge in [-0.3, -0.25) is 4.90 Å². The van der Waals surface area contributed by atoms with Crippen molar-refractivity contribution in [1.82, 2.24) is 10.2 Å². The van der Waals surface area contributed by atoms with Crippen molar-refractivity contribution in [2.45, 2.75) is 18.8 Å². The van der Waals surface area contributed by atoms with Crippen LogP contribution < -0.4 is 10.1 Å². The molecule has 1 aromatic carbocycles. The second kappa shape index (κ2) is 5.79. The minimum atomic E-state index is -4.30. The number of alkyl halides is 3. The summed E-state index contributed by atoms with van der Waals surface area (Å²) in [6, 6.07) is 3.96. The quantitative estimate of drug-likeness (QED) is 0.796. The maximum Gasteiger partial charge on any atom is 0.416 e. The second-order valence-corrected chi connectivity index (χ2v) is 4.96. The predicted molar refractivity (Wildman–Crippen MR) is 71.3 cm³/mol. The summed E-state index contributed by atoms with van der Waals surface area (Å²) in [4.78, 5) is 2.18. The lowest BCUT2D eigenvalue weighted by Crippen LogP contribution is -2.52. The number of rotatable bonds is 0. The topological polar surface area (TPSA) is 24.5 Å². The maximum absolute atomic E-state index is 12.7. The number of hydrogen-bond acceptors (Lipinski definition) is 3. The summed E-state index contributed by atoms with van der Waals surface area (Å²) >= 11 is 0. The Hall–Kier alpha value is -0.980. The van der Waals surface area contributed by atoms with Gasteiger partial charge in [-0.05, 0) is 18.2 Å². The molecule has 2 aliphatic heterocycles. The maximum atomic E-state index is 12.7. The van der Waals surface area contributed by atoms with Crippen molar-refractivity contribution in [2.24, 2.45) is 0 Å². The number of benzene rings is 1. The Morgan fingerprint density at radius 3 is 2.85 bits per heavy atom. The number of ether oxygens (including phenoxy) is 1. The Balaban J connectivity index is 0.00000147. The van der Waals surface area contributed by atoms with E-state index in [1.807, 2.05) is 0 Å². The van der Waals surface area contributed by atoms with Crippen molar-refractivity contribution < 1.29 is 17.9 Å². The van der Waals surface area contributed by atoms with E-state index in [1.165, 1.54) is 12.1 Å². The van der Waals surface area contributed by atoms with E-state index in [0.717, 1.165) is 25.7 Å². The first-order valence-corrected chi connectivity index (χ1v) is 6.32. The fourth-order valence-electron chi connectivity index (χ4n) is 2.60. The largest absolute Gasteiger partial charge is 0.492 e. The lowest BCUT2D eigenvalue weighted by molar-refractivity contribution is -0.137. The van der Waals surface area contributed by atoms with Crippen LogP contribution in [0, 0.1) is 0 Å². The zero-order valence-electron chi connectivity index (χ0n) is 10.7. The van der Waals surface area contributed by atoms with E-state index < -0.39 is 11.7 Å². The highest BCUT2D eigenvalue weighted by atomic mass is 35.5. The molecule has 3 rings (SSSR count). The van der Waals surface area contributed by atoms with Crippen LogP contribution in [0.15, 0.2) is 18.2 Å². The molecule has 112 valence electrons. The van der Waals surface area contributed by atoms with Gasteiger partial charge in [0.15, 0.2) is 0 Å².